The monoisotopic (exact) mass is 539 g/mol. The van der Waals surface area contributed by atoms with E-state index in [1.54, 1.807) is 0 Å². The van der Waals surface area contributed by atoms with Crippen molar-refractivity contribution in [3.8, 4) is 0 Å². The molecule has 1 aromatic heterocycles. The molecule has 0 aliphatic carbocycles. The molecular weight excluding hydrogens is 517 g/mol. The topological polar surface area (TPSA) is 46.1 Å². The third-order valence-electron chi connectivity index (χ3n) is 5.41. The van der Waals surface area contributed by atoms with E-state index >= 15 is 0 Å². The molecule has 31 heavy (non-hydrogen) atoms. The first kappa shape index (κ1) is 21.5. The second-order valence-electron chi connectivity index (χ2n) is 7.43. The number of thiocarbonyl (C=S) groups is 1. The minimum atomic E-state index is -0.224. The van der Waals surface area contributed by atoms with Crippen molar-refractivity contribution < 1.29 is 4.79 Å². The van der Waals surface area contributed by atoms with Gasteiger partial charge in [-0.25, -0.2) is 0 Å². The molecular formula is C25H22IN3OS. The van der Waals surface area contributed by atoms with E-state index < -0.39 is 0 Å². The first-order valence-corrected chi connectivity index (χ1v) is 11.4. The van der Waals surface area contributed by atoms with Crippen LogP contribution in [-0.4, -0.2) is 15.6 Å². The molecule has 0 radical (unpaired) electrons. The average Bonchev–Trinajstić information content (AvgIpc) is 3.00. The molecule has 0 bridgehead atoms. The van der Waals surface area contributed by atoms with Crippen LogP contribution in [0.25, 0.3) is 10.9 Å². The average molecular weight is 539 g/mol. The fraction of sp³-hybridized carbons (Fsp3) is 0.120. The van der Waals surface area contributed by atoms with E-state index in [0.29, 0.717) is 5.56 Å². The molecule has 4 nitrogen and oxygen atoms in total. The van der Waals surface area contributed by atoms with Crippen molar-refractivity contribution in [2.24, 2.45) is 0 Å². The van der Waals surface area contributed by atoms with E-state index in [4.69, 9.17) is 12.2 Å². The predicted molar refractivity (Wildman–Crippen MR) is 140 cm³/mol. The molecule has 2 N–H and O–H groups in total. The van der Waals surface area contributed by atoms with Crippen LogP contribution in [0.15, 0.2) is 72.8 Å². The van der Waals surface area contributed by atoms with Crippen LogP contribution in [0.3, 0.4) is 0 Å². The number of amides is 1. The zero-order valence-corrected chi connectivity index (χ0v) is 20.3. The minimum Gasteiger partial charge on any atom is -0.340 e. The number of nitrogens with zero attached hydrogens (tertiary/aromatic N) is 1. The first-order valence-electron chi connectivity index (χ1n) is 9.93. The van der Waals surface area contributed by atoms with Gasteiger partial charge < -0.3 is 9.88 Å². The summed E-state index contributed by atoms with van der Waals surface area (Å²) in [7, 11) is 0. The van der Waals surface area contributed by atoms with Crippen LogP contribution in [0.4, 0.5) is 5.69 Å². The van der Waals surface area contributed by atoms with Crippen LogP contribution in [-0.2, 0) is 6.54 Å². The maximum absolute atomic E-state index is 12.8. The number of aromatic nitrogens is 1. The first-order chi connectivity index (χ1) is 14.9. The number of benzene rings is 3. The summed E-state index contributed by atoms with van der Waals surface area (Å²) in [5, 5.41) is 7.19. The molecule has 6 heteroatoms. The summed E-state index contributed by atoms with van der Waals surface area (Å²) >= 11 is 7.56. The van der Waals surface area contributed by atoms with Gasteiger partial charge in [-0.15, -0.1) is 0 Å². The molecule has 0 saturated heterocycles. The third-order valence-corrected chi connectivity index (χ3v) is 6.34. The van der Waals surface area contributed by atoms with E-state index in [0.717, 1.165) is 26.7 Å². The lowest BCUT2D eigenvalue weighted by molar-refractivity contribution is 0.0978. The van der Waals surface area contributed by atoms with Gasteiger partial charge in [-0.2, -0.15) is 0 Å². The molecule has 1 amide bonds. The summed E-state index contributed by atoms with van der Waals surface area (Å²) in [5.41, 5.74) is 6.17. The molecule has 0 spiro atoms. The number of halogens is 1. The number of rotatable bonds is 4. The number of fused-ring (bicyclic) bond motifs is 1. The highest BCUT2D eigenvalue weighted by Crippen LogP contribution is 2.27. The summed E-state index contributed by atoms with van der Waals surface area (Å²) in [6.45, 7) is 5.02. The molecule has 3 aromatic carbocycles. The zero-order chi connectivity index (χ0) is 22.0. The van der Waals surface area contributed by atoms with E-state index in [-0.39, 0.29) is 11.0 Å². The summed E-state index contributed by atoms with van der Waals surface area (Å²) < 4.78 is 3.43. The maximum Gasteiger partial charge on any atom is 0.257 e. The van der Waals surface area contributed by atoms with Crippen molar-refractivity contribution in [1.82, 2.24) is 9.88 Å². The number of hydrogen-bond acceptors (Lipinski definition) is 2. The van der Waals surface area contributed by atoms with Gasteiger partial charge in [-0.3, -0.25) is 10.1 Å². The van der Waals surface area contributed by atoms with Gasteiger partial charge in [0.25, 0.3) is 5.91 Å². The quantitative estimate of drug-likeness (QED) is 0.246. The molecule has 4 rings (SSSR count). The highest BCUT2D eigenvalue weighted by atomic mass is 127. The molecule has 0 saturated carbocycles. The van der Waals surface area contributed by atoms with Gasteiger partial charge in [0.15, 0.2) is 5.11 Å². The van der Waals surface area contributed by atoms with Gasteiger partial charge >= 0.3 is 0 Å². The van der Waals surface area contributed by atoms with Crippen molar-refractivity contribution >= 4 is 62.4 Å². The lowest BCUT2D eigenvalue weighted by atomic mass is 10.1. The summed E-state index contributed by atoms with van der Waals surface area (Å²) in [6.07, 6.45) is 0. The fourth-order valence-corrected chi connectivity index (χ4v) is 4.20. The van der Waals surface area contributed by atoms with Crippen molar-refractivity contribution in [2.45, 2.75) is 20.4 Å². The Bertz CT molecular complexity index is 1260. The standard InChI is InChI=1S/C25H22IN3OS/c1-16-17(2)29(15-18-6-4-3-5-7-18)23-13-8-19(14-22(16)23)24(30)28-25(31)27-21-11-9-20(26)10-12-21/h3-14H,15H2,1-2H3,(H2,27,28,30,31). The Hall–Kier alpha value is -2.71. The fourth-order valence-electron chi connectivity index (χ4n) is 3.63. The van der Waals surface area contributed by atoms with Gasteiger partial charge in [0, 0.05) is 38.0 Å². The number of anilines is 1. The number of nitrogens with one attached hydrogen (secondary N) is 2. The Morgan fingerprint density at radius 1 is 1.00 bits per heavy atom. The van der Waals surface area contributed by atoms with Crippen molar-refractivity contribution in [3.05, 3.63) is 98.8 Å². The molecule has 1 heterocycles. The number of carbonyl (C=O) groups excluding carboxylic acids is 1. The molecule has 0 atom stereocenters. The van der Waals surface area contributed by atoms with Crippen molar-refractivity contribution in [1.29, 1.82) is 0 Å². The SMILES string of the molecule is Cc1c(C)n(Cc2ccccc2)c2ccc(C(=O)NC(=S)Nc3ccc(I)cc3)cc12. The normalized spacial score (nSPS) is 10.8. The Morgan fingerprint density at radius 3 is 2.42 bits per heavy atom. The van der Waals surface area contributed by atoms with E-state index in [2.05, 4.69) is 75.9 Å². The van der Waals surface area contributed by atoms with E-state index in [9.17, 15) is 4.79 Å². The molecule has 0 fully saturated rings. The molecule has 4 aromatic rings. The summed E-state index contributed by atoms with van der Waals surface area (Å²) in [5.74, 6) is -0.224. The molecule has 0 unspecified atom stereocenters. The lowest BCUT2D eigenvalue weighted by Gasteiger charge is -2.11. The van der Waals surface area contributed by atoms with Gasteiger partial charge in [0.1, 0.15) is 0 Å². The largest absolute Gasteiger partial charge is 0.340 e. The second-order valence-corrected chi connectivity index (χ2v) is 9.08. The molecule has 0 aliphatic heterocycles. The zero-order valence-electron chi connectivity index (χ0n) is 17.3. The number of carbonyl (C=O) groups is 1. The highest BCUT2D eigenvalue weighted by molar-refractivity contribution is 14.1. The van der Waals surface area contributed by atoms with Crippen LogP contribution >= 0.6 is 34.8 Å². The number of hydrogen-bond donors (Lipinski definition) is 2. The minimum absolute atomic E-state index is 0.224. The van der Waals surface area contributed by atoms with Crippen LogP contribution in [0.1, 0.15) is 27.2 Å². The van der Waals surface area contributed by atoms with Crippen LogP contribution in [0.2, 0.25) is 0 Å². The molecule has 0 aliphatic rings. The van der Waals surface area contributed by atoms with Gasteiger partial charge in [-0.1, -0.05) is 30.3 Å². The number of aryl methyl sites for hydroxylation is 1. The Balaban J connectivity index is 1.54. The summed E-state index contributed by atoms with van der Waals surface area (Å²) in [6, 6.07) is 24.0. The highest BCUT2D eigenvalue weighted by Gasteiger charge is 2.15. The Kier molecular flexibility index (Phi) is 6.38. The molecule has 156 valence electrons. The van der Waals surface area contributed by atoms with E-state index in [1.165, 1.54) is 16.8 Å². The predicted octanol–water partition coefficient (Wildman–Crippen LogP) is 6.04. The summed E-state index contributed by atoms with van der Waals surface area (Å²) in [4.78, 5) is 12.8. The second kappa shape index (κ2) is 9.20. The van der Waals surface area contributed by atoms with Crippen LogP contribution in [0.5, 0.6) is 0 Å². The smallest absolute Gasteiger partial charge is 0.257 e. The van der Waals surface area contributed by atoms with Gasteiger partial charge in [0.05, 0.1) is 0 Å². The maximum atomic E-state index is 12.8. The van der Waals surface area contributed by atoms with Crippen molar-refractivity contribution in [3.63, 3.8) is 0 Å². The Morgan fingerprint density at radius 2 is 1.71 bits per heavy atom. The van der Waals surface area contributed by atoms with Crippen molar-refractivity contribution in [2.75, 3.05) is 5.32 Å². The lowest BCUT2D eigenvalue weighted by Crippen LogP contribution is -2.34. The Labute approximate surface area is 200 Å². The van der Waals surface area contributed by atoms with Crippen LogP contribution in [0, 0.1) is 17.4 Å². The van der Waals surface area contributed by atoms with Gasteiger partial charge in [0.2, 0.25) is 0 Å². The van der Waals surface area contributed by atoms with Crippen LogP contribution < -0.4 is 10.6 Å². The van der Waals surface area contributed by atoms with E-state index in [1.807, 2.05) is 48.5 Å². The third kappa shape index (κ3) is 4.80. The van der Waals surface area contributed by atoms with Gasteiger partial charge in [-0.05, 0) is 102 Å².